The molecule has 1 amide bonds. The highest BCUT2D eigenvalue weighted by molar-refractivity contribution is 7.08. The van der Waals surface area contributed by atoms with Crippen LogP contribution in [0.5, 0.6) is 0 Å². The van der Waals surface area contributed by atoms with E-state index in [0.717, 1.165) is 38.0 Å². The van der Waals surface area contributed by atoms with Crippen molar-refractivity contribution in [3.8, 4) is 11.1 Å². The first-order valence-electron chi connectivity index (χ1n) is 10.0. The minimum Gasteiger partial charge on any atom is -0.352 e. The third kappa shape index (κ3) is 5.27. The van der Waals surface area contributed by atoms with Gasteiger partial charge in [-0.2, -0.15) is 11.3 Å². The summed E-state index contributed by atoms with van der Waals surface area (Å²) in [5.74, 6) is 0.160. The highest BCUT2D eigenvalue weighted by Crippen LogP contribution is 2.25. The Bertz CT molecular complexity index is 957. The van der Waals surface area contributed by atoms with Gasteiger partial charge in [0.25, 0.3) is 0 Å². The molecule has 3 aromatic rings. The molecule has 1 fully saturated rings. The molecule has 4 rings (SSSR count). The predicted molar refractivity (Wildman–Crippen MR) is 121 cm³/mol. The van der Waals surface area contributed by atoms with E-state index in [1.165, 1.54) is 16.7 Å². The lowest BCUT2D eigenvalue weighted by molar-refractivity contribution is -0.126. The van der Waals surface area contributed by atoms with Crippen molar-refractivity contribution in [1.82, 2.24) is 10.2 Å². The maximum atomic E-state index is 12.7. The van der Waals surface area contributed by atoms with Crippen LogP contribution in [0, 0.1) is 5.92 Å². The zero-order valence-electron chi connectivity index (χ0n) is 16.3. The first-order valence-corrected chi connectivity index (χ1v) is 11.4. The highest BCUT2D eigenvalue weighted by atomic mass is 35.5. The van der Waals surface area contributed by atoms with Crippen LogP contribution in [0.1, 0.15) is 24.0 Å². The van der Waals surface area contributed by atoms with Crippen LogP contribution in [0.4, 0.5) is 0 Å². The molecule has 29 heavy (non-hydrogen) atoms. The summed E-state index contributed by atoms with van der Waals surface area (Å²) in [6.45, 7) is 3.21. The maximum absolute atomic E-state index is 12.7. The van der Waals surface area contributed by atoms with Gasteiger partial charge in [0.05, 0.1) is 5.92 Å². The molecule has 2 heterocycles. The van der Waals surface area contributed by atoms with E-state index in [4.69, 9.17) is 11.6 Å². The Hall–Kier alpha value is -2.14. The lowest BCUT2D eigenvalue weighted by Crippen LogP contribution is -2.42. The number of rotatable bonds is 6. The molecule has 1 saturated heterocycles. The second-order valence-corrected chi connectivity index (χ2v) is 8.78. The SMILES string of the molecule is O=C(NCc1ccccc1Cl)C1CCCN(Cc2cccc(-c3ccsc3)c2)C1. The lowest BCUT2D eigenvalue weighted by Gasteiger charge is -2.32. The van der Waals surface area contributed by atoms with Crippen LogP contribution in [-0.4, -0.2) is 23.9 Å². The van der Waals surface area contributed by atoms with E-state index in [-0.39, 0.29) is 11.8 Å². The number of carbonyl (C=O) groups excluding carboxylic acids is 1. The van der Waals surface area contributed by atoms with Crippen molar-refractivity contribution < 1.29 is 4.79 Å². The molecule has 0 radical (unpaired) electrons. The number of carbonyl (C=O) groups is 1. The lowest BCUT2D eigenvalue weighted by atomic mass is 9.96. The van der Waals surface area contributed by atoms with E-state index in [0.29, 0.717) is 11.6 Å². The summed E-state index contributed by atoms with van der Waals surface area (Å²) < 4.78 is 0. The fourth-order valence-electron chi connectivity index (χ4n) is 3.92. The Kier molecular flexibility index (Phi) is 6.65. The molecule has 150 valence electrons. The molecular weight excluding hydrogens is 400 g/mol. The maximum Gasteiger partial charge on any atom is 0.224 e. The quantitative estimate of drug-likeness (QED) is 0.558. The number of nitrogens with zero attached hydrogens (tertiary/aromatic N) is 1. The second kappa shape index (κ2) is 9.57. The highest BCUT2D eigenvalue weighted by Gasteiger charge is 2.25. The predicted octanol–water partition coefficient (Wildman–Crippen LogP) is 5.60. The van der Waals surface area contributed by atoms with Crippen molar-refractivity contribution in [3.63, 3.8) is 0 Å². The number of benzene rings is 2. The monoisotopic (exact) mass is 424 g/mol. The van der Waals surface area contributed by atoms with Gasteiger partial charge in [-0.1, -0.05) is 48.0 Å². The first-order chi connectivity index (χ1) is 14.2. The molecule has 0 aliphatic carbocycles. The largest absolute Gasteiger partial charge is 0.352 e. The summed E-state index contributed by atoms with van der Waals surface area (Å²) in [6.07, 6.45) is 1.99. The molecule has 1 aliphatic rings. The van der Waals surface area contributed by atoms with E-state index in [1.54, 1.807) is 11.3 Å². The summed E-state index contributed by atoms with van der Waals surface area (Å²) >= 11 is 7.92. The number of amides is 1. The van der Waals surface area contributed by atoms with Crippen LogP contribution in [0.2, 0.25) is 5.02 Å². The minimum absolute atomic E-state index is 0.0336. The van der Waals surface area contributed by atoms with Gasteiger partial charge in [-0.15, -0.1) is 0 Å². The van der Waals surface area contributed by atoms with Crippen molar-refractivity contribution in [3.05, 3.63) is 81.5 Å². The average molecular weight is 425 g/mol. The Morgan fingerprint density at radius 3 is 2.86 bits per heavy atom. The Morgan fingerprint density at radius 2 is 2.03 bits per heavy atom. The van der Waals surface area contributed by atoms with Crippen LogP contribution in [0.15, 0.2) is 65.4 Å². The third-order valence-electron chi connectivity index (χ3n) is 5.47. The van der Waals surface area contributed by atoms with Gasteiger partial charge in [0.2, 0.25) is 5.91 Å². The van der Waals surface area contributed by atoms with Gasteiger partial charge in [0.15, 0.2) is 0 Å². The standard InChI is InChI=1S/C24H25ClN2OS/c25-23-9-2-1-6-20(23)14-26-24(28)21-8-4-11-27(16-21)15-18-5-3-7-19(13-18)22-10-12-29-17-22/h1-3,5-7,9-10,12-13,17,21H,4,8,11,14-16H2,(H,26,28). The van der Waals surface area contributed by atoms with Gasteiger partial charge in [0.1, 0.15) is 0 Å². The summed E-state index contributed by atoms with van der Waals surface area (Å²) in [5.41, 5.74) is 4.79. The molecule has 0 bridgehead atoms. The number of likely N-dealkylation sites (tertiary alicyclic amines) is 1. The molecule has 0 spiro atoms. The first kappa shape index (κ1) is 20.1. The van der Waals surface area contributed by atoms with Crippen LogP contribution in [0.25, 0.3) is 11.1 Å². The molecule has 2 aromatic carbocycles. The summed E-state index contributed by atoms with van der Waals surface area (Å²) in [7, 11) is 0. The fraction of sp³-hybridized carbons (Fsp3) is 0.292. The molecule has 1 N–H and O–H groups in total. The minimum atomic E-state index is 0.0336. The summed E-state index contributed by atoms with van der Waals surface area (Å²) in [4.78, 5) is 15.1. The third-order valence-corrected chi connectivity index (χ3v) is 6.53. The van der Waals surface area contributed by atoms with Gasteiger partial charge in [-0.05, 0) is 70.6 Å². The number of thiophene rings is 1. The summed E-state index contributed by atoms with van der Waals surface area (Å²) in [6, 6.07) is 18.5. The van der Waals surface area contributed by atoms with E-state index in [1.807, 2.05) is 24.3 Å². The zero-order chi connectivity index (χ0) is 20.1. The van der Waals surface area contributed by atoms with Crippen molar-refractivity contribution in [1.29, 1.82) is 0 Å². The molecule has 3 nitrogen and oxygen atoms in total. The number of hydrogen-bond acceptors (Lipinski definition) is 3. The molecular formula is C24H25ClN2OS. The van der Waals surface area contributed by atoms with Gasteiger partial charge < -0.3 is 5.32 Å². The van der Waals surface area contributed by atoms with Crippen molar-refractivity contribution in [2.75, 3.05) is 13.1 Å². The number of hydrogen-bond donors (Lipinski definition) is 1. The number of nitrogens with one attached hydrogen (secondary N) is 1. The smallest absolute Gasteiger partial charge is 0.224 e. The Morgan fingerprint density at radius 1 is 1.14 bits per heavy atom. The second-order valence-electron chi connectivity index (χ2n) is 7.60. The van der Waals surface area contributed by atoms with E-state index < -0.39 is 0 Å². The van der Waals surface area contributed by atoms with Crippen molar-refractivity contribution in [2.45, 2.75) is 25.9 Å². The van der Waals surface area contributed by atoms with E-state index in [2.05, 4.69) is 51.3 Å². The molecule has 0 saturated carbocycles. The van der Waals surface area contributed by atoms with Crippen LogP contribution >= 0.6 is 22.9 Å². The Balaban J connectivity index is 1.34. The summed E-state index contributed by atoms with van der Waals surface area (Å²) in [5, 5.41) is 8.06. The average Bonchev–Trinajstić information content (AvgIpc) is 3.28. The van der Waals surface area contributed by atoms with Gasteiger partial charge in [-0.3, -0.25) is 9.69 Å². The molecule has 5 heteroatoms. The van der Waals surface area contributed by atoms with Crippen molar-refractivity contribution in [2.24, 2.45) is 5.92 Å². The van der Waals surface area contributed by atoms with Crippen molar-refractivity contribution >= 4 is 28.8 Å². The molecule has 1 aliphatic heterocycles. The van der Waals surface area contributed by atoms with E-state index in [9.17, 15) is 4.79 Å². The van der Waals surface area contributed by atoms with Crippen LogP contribution in [0.3, 0.4) is 0 Å². The fourth-order valence-corrected chi connectivity index (χ4v) is 4.79. The Labute approximate surface area is 181 Å². The number of piperidine rings is 1. The number of halogens is 1. The molecule has 1 unspecified atom stereocenters. The van der Waals surface area contributed by atoms with Gasteiger partial charge in [0, 0.05) is 24.7 Å². The van der Waals surface area contributed by atoms with Crippen LogP contribution in [-0.2, 0) is 17.9 Å². The van der Waals surface area contributed by atoms with Gasteiger partial charge >= 0.3 is 0 Å². The molecule has 1 aromatic heterocycles. The van der Waals surface area contributed by atoms with E-state index >= 15 is 0 Å². The van der Waals surface area contributed by atoms with Crippen LogP contribution < -0.4 is 5.32 Å². The topological polar surface area (TPSA) is 32.3 Å². The van der Waals surface area contributed by atoms with Gasteiger partial charge in [-0.25, -0.2) is 0 Å². The molecule has 1 atom stereocenters. The zero-order valence-corrected chi connectivity index (χ0v) is 17.9. The normalized spacial score (nSPS) is 17.2.